The molecule has 0 radical (unpaired) electrons. The summed E-state index contributed by atoms with van der Waals surface area (Å²) in [6.07, 6.45) is -0.406. The molecule has 0 spiro atoms. The molecule has 10 heteroatoms. The van der Waals surface area contributed by atoms with Crippen molar-refractivity contribution in [2.75, 3.05) is 37.5 Å². The average Bonchev–Trinajstić information content (AvgIpc) is 2.73. The minimum Gasteiger partial charge on any atom is -0.450 e. The van der Waals surface area contributed by atoms with Crippen LogP contribution in [0.15, 0.2) is 47.4 Å². The lowest BCUT2D eigenvalue weighted by Gasteiger charge is -2.34. The van der Waals surface area contributed by atoms with Gasteiger partial charge in [0, 0.05) is 37.4 Å². The number of ether oxygens (including phenoxy) is 1. The fourth-order valence-electron chi connectivity index (χ4n) is 3.25. The lowest BCUT2D eigenvalue weighted by molar-refractivity contribution is 0.0570. The highest BCUT2D eigenvalue weighted by molar-refractivity contribution is 7.92. The normalized spacial score (nSPS) is 14.3. The first kappa shape index (κ1) is 22.9. The molecule has 31 heavy (non-hydrogen) atoms. The maximum atomic E-state index is 12.9. The standard InChI is InChI=1S/C21H24ClN3O5S/c1-3-30-21(27)25-11-9-24(10-12-25)20(26)16-7-8-18(22)19(14-16)31(28,29)23-17-6-4-5-15(2)13-17/h4-8,13-14,23H,3,9-12H2,1-2H3. The van der Waals surface area contributed by atoms with Gasteiger partial charge in [0.05, 0.1) is 11.6 Å². The largest absolute Gasteiger partial charge is 0.450 e. The first-order chi connectivity index (χ1) is 14.7. The van der Waals surface area contributed by atoms with E-state index in [1.165, 1.54) is 23.1 Å². The third-order valence-electron chi connectivity index (χ3n) is 4.83. The van der Waals surface area contributed by atoms with Gasteiger partial charge in [-0.2, -0.15) is 0 Å². The molecule has 0 bridgehead atoms. The van der Waals surface area contributed by atoms with E-state index in [1.807, 2.05) is 13.0 Å². The number of hydrogen-bond acceptors (Lipinski definition) is 5. The second-order valence-corrected chi connectivity index (χ2v) is 9.16. The Morgan fingerprint density at radius 1 is 1.06 bits per heavy atom. The average molecular weight is 466 g/mol. The summed E-state index contributed by atoms with van der Waals surface area (Å²) in [5.41, 5.74) is 1.51. The lowest BCUT2D eigenvalue weighted by atomic mass is 10.2. The molecule has 3 rings (SSSR count). The number of benzene rings is 2. The molecule has 0 aromatic heterocycles. The highest BCUT2D eigenvalue weighted by Crippen LogP contribution is 2.26. The van der Waals surface area contributed by atoms with Gasteiger partial charge >= 0.3 is 6.09 Å². The predicted octanol–water partition coefficient (Wildman–Crippen LogP) is 3.36. The number of nitrogens with one attached hydrogen (secondary N) is 1. The molecule has 0 saturated carbocycles. The summed E-state index contributed by atoms with van der Waals surface area (Å²) in [5, 5.41) is 0.0174. The Morgan fingerprint density at radius 2 is 1.74 bits per heavy atom. The SMILES string of the molecule is CCOC(=O)N1CCN(C(=O)c2ccc(Cl)c(S(=O)(=O)Nc3cccc(C)c3)c2)CC1. The number of halogens is 1. The second-order valence-electron chi connectivity index (χ2n) is 7.10. The van der Waals surface area contributed by atoms with Crippen LogP contribution in [0.3, 0.4) is 0 Å². The van der Waals surface area contributed by atoms with Gasteiger partial charge in [-0.05, 0) is 49.7 Å². The molecule has 1 N–H and O–H groups in total. The van der Waals surface area contributed by atoms with Crippen LogP contribution in [0.4, 0.5) is 10.5 Å². The molecule has 1 heterocycles. The number of carbonyl (C=O) groups excluding carboxylic acids is 2. The number of piperazine rings is 1. The summed E-state index contributed by atoms with van der Waals surface area (Å²) in [5.74, 6) is -0.327. The number of hydrogen-bond donors (Lipinski definition) is 1. The Labute approximate surface area is 186 Å². The molecule has 1 aliphatic heterocycles. The Bertz CT molecular complexity index is 1080. The minimum atomic E-state index is -4.00. The van der Waals surface area contributed by atoms with E-state index in [1.54, 1.807) is 30.0 Å². The van der Waals surface area contributed by atoms with Gasteiger partial charge in [0.1, 0.15) is 4.90 Å². The summed E-state index contributed by atoms with van der Waals surface area (Å²) in [7, 11) is -4.00. The van der Waals surface area contributed by atoms with Crippen molar-refractivity contribution in [1.82, 2.24) is 9.80 Å². The number of nitrogens with zero attached hydrogens (tertiary/aromatic N) is 2. The zero-order chi connectivity index (χ0) is 22.6. The lowest BCUT2D eigenvalue weighted by Crippen LogP contribution is -2.50. The molecule has 1 fully saturated rings. The van der Waals surface area contributed by atoms with E-state index in [-0.39, 0.29) is 28.0 Å². The minimum absolute atomic E-state index is 0.0174. The Hall–Kier alpha value is -2.78. The molecule has 1 aliphatic rings. The van der Waals surface area contributed by atoms with Gasteiger partial charge in [-0.3, -0.25) is 9.52 Å². The molecule has 0 unspecified atom stereocenters. The van der Waals surface area contributed by atoms with Gasteiger partial charge in [0.25, 0.3) is 15.9 Å². The highest BCUT2D eigenvalue weighted by Gasteiger charge is 2.27. The van der Waals surface area contributed by atoms with Crippen LogP contribution in [0, 0.1) is 6.92 Å². The maximum absolute atomic E-state index is 12.9. The topological polar surface area (TPSA) is 96.0 Å². The summed E-state index contributed by atoms with van der Waals surface area (Å²) in [6.45, 7) is 5.21. The van der Waals surface area contributed by atoms with Crippen LogP contribution >= 0.6 is 11.6 Å². The summed E-state index contributed by atoms with van der Waals surface area (Å²) in [4.78, 5) is 27.7. The van der Waals surface area contributed by atoms with Crippen LogP contribution in [-0.4, -0.2) is 63.0 Å². The molecule has 1 saturated heterocycles. The monoisotopic (exact) mass is 465 g/mol. The van der Waals surface area contributed by atoms with Crippen LogP contribution in [0.5, 0.6) is 0 Å². The van der Waals surface area contributed by atoms with Crippen LogP contribution in [0.1, 0.15) is 22.8 Å². The van der Waals surface area contributed by atoms with Gasteiger partial charge in [-0.1, -0.05) is 23.7 Å². The van der Waals surface area contributed by atoms with Crippen molar-refractivity contribution in [2.45, 2.75) is 18.7 Å². The first-order valence-corrected chi connectivity index (χ1v) is 11.7. The number of aryl methyl sites for hydroxylation is 1. The first-order valence-electron chi connectivity index (χ1n) is 9.81. The van der Waals surface area contributed by atoms with Gasteiger partial charge < -0.3 is 14.5 Å². The summed E-state index contributed by atoms with van der Waals surface area (Å²) in [6, 6.07) is 11.1. The molecule has 0 aliphatic carbocycles. The van der Waals surface area contributed by atoms with Gasteiger partial charge in [0.2, 0.25) is 0 Å². The number of rotatable bonds is 5. The number of amides is 2. The Morgan fingerprint density at radius 3 is 2.39 bits per heavy atom. The van der Waals surface area contributed by atoms with Crippen molar-refractivity contribution in [2.24, 2.45) is 0 Å². The van der Waals surface area contributed by atoms with Gasteiger partial charge in [0.15, 0.2) is 0 Å². The van der Waals surface area contributed by atoms with E-state index in [0.29, 0.717) is 31.9 Å². The van der Waals surface area contributed by atoms with Crippen molar-refractivity contribution in [3.05, 3.63) is 58.6 Å². The zero-order valence-electron chi connectivity index (χ0n) is 17.3. The van der Waals surface area contributed by atoms with Crippen molar-refractivity contribution >= 4 is 39.3 Å². The molecule has 0 atom stereocenters. The van der Waals surface area contributed by atoms with Gasteiger partial charge in [-0.25, -0.2) is 13.2 Å². The van der Waals surface area contributed by atoms with Crippen LogP contribution in [-0.2, 0) is 14.8 Å². The second kappa shape index (κ2) is 9.57. The quantitative estimate of drug-likeness (QED) is 0.730. The Balaban J connectivity index is 1.76. The fraction of sp³-hybridized carbons (Fsp3) is 0.333. The van der Waals surface area contributed by atoms with Crippen molar-refractivity contribution in [3.63, 3.8) is 0 Å². The van der Waals surface area contributed by atoms with E-state index >= 15 is 0 Å². The van der Waals surface area contributed by atoms with Gasteiger partial charge in [-0.15, -0.1) is 0 Å². The maximum Gasteiger partial charge on any atom is 0.409 e. The summed E-state index contributed by atoms with van der Waals surface area (Å²) < 4.78 is 33.2. The smallest absolute Gasteiger partial charge is 0.409 e. The van der Waals surface area contributed by atoms with Crippen molar-refractivity contribution < 1.29 is 22.7 Å². The summed E-state index contributed by atoms with van der Waals surface area (Å²) >= 11 is 6.15. The van der Waals surface area contributed by atoms with Crippen molar-refractivity contribution in [3.8, 4) is 0 Å². The van der Waals surface area contributed by atoms with E-state index < -0.39 is 16.1 Å². The Kier molecular flexibility index (Phi) is 7.07. The van der Waals surface area contributed by atoms with E-state index in [9.17, 15) is 18.0 Å². The molecule has 166 valence electrons. The predicted molar refractivity (Wildman–Crippen MR) is 118 cm³/mol. The zero-order valence-corrected chi connectivity index (χ0v) is 18.9. The molecule has 2 amide bonds. The third-order valence-corrected chi connectivity index (χ3v) is 6.69. The molecule has 8 nitrogen and oxygen atoms in total. The van der Waals surface area contributed by atoms with Crippen LogP contribution in [0.2, 0.25) is 5.02 Å². The number of carbonyl (C=O) groups is 2. The van der Waals surface area contributed by atoms with E-state index in [0.717, 1.165) is 5.56 Å². The molecular weight excluding hydrogens is 442 g/mol. The van der Waals surface area contributed by atoms with Crippen LogP contribution in [0.25, 0.3) is 0 Å². The van der Waals surface area contributed by atoms with Crippen LogP contribution < -0.4 is 4.72 Å². The third kappa shape index (κ3) is 5.48. The molecule has 2 aromatic carbocycles. The van der Waals surface area contributed by atoms with E-state index in [2.05, 4.69) is 4.72 Å². The highest BCUT2D eigenvalue weighted by atomic mass is 35.5. The van der Waals surface area contributed by atoms with Crippen molar-refractivity contribution in [1.29, 1.82) is 0 Å². The molecular formula is C21H24ClN3O5S. The van der Waals surface area contributed by atoms with E-state index in [4.69, 9.17) is 16.3 Å². The number of anilines is 1. The molecule has 2 aromatic rings. The number of sulfonamides is 1. The fourth-order valence-corrected chi connectivity index (χ4v) is 4.83.